The van der Waals surface area contributed by atoms with Crippen LogP contribution in [-0.2, 0) is 6.54 Å². The molecule has 1 heterocycles. The molecule has 0 saturated carbocycles. The third-order valence-corrected chi connectivity index (χ3v) is 3.78. The highest BCUT2D eigenvalue weighted by Crippen LogP contribution is 2.15. The minimum atomic E-state index is -0.563. The fourth-order valence-electron chi connectivity index (χ4n) is 2.33. The van der Waals surface area contributed by atoms with Crippen molar-refractivity contribution in [3.8, 4) is 0 Å². The van der Waals surface area contributed by atoms with Gasteiger partial charge in [0, 0.05) is 17.7 Å². The van der Waals surface area contributed by atoms with Crippen molar-refractivity contribution < 1.29 is 13.6 Å². The number of aromatic nitrogens is 2. The molecule has 3 rings (SSSR count). The second kappa shape index (κ2) is 6.31. The zero-order valence-corrected chi connectivity index (χ0v) is 13.2. The number of carbonyl (C=O) groups is 1. The minimum Gasteiger partial charge on any atom is -0.348 e. The van der Waals surface area contributed by atoms with E-state index in [1.165, 1.54) is 0 Å². The van der Waals surface area contributed by atoms with E-state index in [1.807, 2.05) is 13.8 Å². The SMILES string of the molecule is Cc1nc2ccc(C(=O)NCc3cc(F)ccc3F)cc2nc1C. The topological polar surface area (TPSA) is 54.9 Å². The quantitative estimate of drug-likeness (QED) is 0.801. The van der Waals surface area contributed by atoms with Gasteiger partial charge in [-0.15, -0.1) is 0 Å². The number of nitrogens with one attached hydrogen (secondary N) is 1. The van der Waals surface area contributed by atoms with Crippen LogP contribution in [0.1, 0.15) is 27.3 Å². The Bertz CT molecular complexity index is 941. The van der Waals surface area contributed by atoms with E-state index in [0.29, 0.717) is 16.6 Å². The van der Waals surface area contributed by atoms with Gasteiger partial charge in [-0.25, -0.2) is 18.7 Å². The summed E-state index contributed by atoms with van der Waals surface area (Å²) >= 11 is 0. The van der Waals surface area contributed by atoms with Gasteiger partial charge in [-0.1, -0.05) is 0 Å². The minimum absolute atomic E-state index is 0.0930. The monoisotopic (exact) mass is 327 g/mol. The van der Waals surface area contributed by atoms with E-state index in [1.54, 1.807) is 18.2 Å². The summed E-state index contributed by atoms with van der Waals surface area (Å²) in [5.41, 5.74) is 3.42. The first-order chi connectivity index (χ1) is 11.4. The molecule has 0 aliphatic rings. The van der Waals surface area contributed by atoms with Crippen LogP contribution in [0.25, 0.3) is 11.0 Å². The zero-order chi connectivity index (χ0) is 17.3. The van der Waals surface area contributed by atoms with Crippen molar-refractivity contribution in [1.29, 1.82) is 0 Å². The Kier molecular flexibility index (Phi) is 4.20. The first-order valence-corrected chi connectivity index (χ1v) is 7.41. The number of carbonyl (C=O) groups excluding carboxylic acids is 1. The lowest BCUT2D eigenvalue weighted by Crippen LogP contribution is -2.23. The maximum atomic E-state index is 13.6. The Morgan fingerprint density at radius 2 is 1.71 bits per heavy atom. The Balaban J connectivity index is 1.81. The Hall–Kier alpha value is -2.89. The van der Waals surface area contributed by atoms with E-state index >= 15 is 0 Å². The van der Waals surface area contributed by atoms with Crippen molar-refractivity contribution in [2.75, 3.05) is 0 Å². The normalized spacial score (nSPS) is 10.8. The van der Waals surface area contributed by atoms with Crippen molar-refractivity contribution in [3.05, 3.63) is 70.5 Å². The molecular weight excluding hydrogens is 312 g/mol. The summed E-state index contributed by atoms with van der Waals surface area (Å²) in [5.74, 6) is -1.50. The van der Waals surface area contributed by atoms with E-state index in [2.05, 4.69) is 15.3 Å². The van der Waals surface area contributed by atoms with Gasteiger partial charge in [0.25, 0.3) is 5.91 Å². The van der Waals surface area contributed by atoms with E-state index in [-0.39, 0.29) is 18.0 Å². The third-order valence-electron chi connectivity index (χ3n) is 3.78. The van der Waals surface area contributed by atoms with Crippen LogP contribution >= 0.6 is 0 Å². The molecule has 1 N–H and O–H groups in total. The predicted molar refractivity (Wildman–Crippen MR) is 86.5 cm³/mol. The Labute approximate surface area is 137 Å². The highest BCUT2D eigenvalue weighted by Gasteiger charge is 2.10. The van der Waals surface area contributed by atoms with Crippen molar-refractivity contribution in [2.24, 2.45) is 0 Å². The van der Waals surface area contributed by atoms with Crippen LogP contribution in [0.3, 0.4) is 0 Å². The number of fused-ring (bicyclic) bond motifs is 1. The molecule has 0 saturated heterocycles. The van der Waals surface area contributed by atoms with Gasteiger partial charge >= 0.3 is 0 Å². The average molecular weight is 327 g/mol. The molecule has 122 valence electrons. The van der Waals surface area contributed by atoms with Gasteiger partial charge in [0.15, 0.2) is 0 Å². The summed E-state index contributed by atoms with van der Waals surface area (Å²) in [5, 5.41) is 2.58. The number of hydrogen-bond acceptors (Lipinski definition) is 3. The predicted octanol–water partition coefficient (Wildman–Crippen LogP) is 3.45. The highest BCUT2D eigenvalue weighted by atomic mass is 19.1. The molecule has 1 aromatic heterocycles. The second-order valence-electron chi connectivity index (χ2n) is 5.52. The molecule has 2 aromatic carbocycles. The molecule has 0 aliphatic carbocycles. The fraction of sp³-hybridized carbons (Fsp3) is 0.167. The molecule has 0 fully saturated rings. The van der Waals surface area contributed by atoms with Crippen LogP contribution in [0.5, 0.6) is 0 Å². The van der Waals surface area contributed by atoms with Gasteiger partial charge in [-0.3, -0.25) is 4.79 Å². The van der Waals surface area contributed by atoms with Crippen LogP contribution < -0.4 is 5.32 Å². The lowest BCUT2D eigenvalue weighted by atomic mass is 10.1. The maximum Gasteiger partial charge on any atom is 0.251 e. The van der Waals surface area contributed by atoms with Gasteiger partial charge in [0.05, 0.1) is 22.4 Å². The van der Waals surface area contributed by atoms with Gasteiger partial charge < -0.3 is 5.32 Å². The number of rotatable bonds is 3. The van der Waals surface area contributed by atoms with Crippen molar-refractivity contribution in [1.82, 2.24) is 15.3 Å². The van der Waals surface area contributed by atoms with Crippen LogP contribution in [0.4, 0.5) is 8.78 Å². The van der Waals surface area contributed by atoms with E-state index in [0.717, 1.165) is 29.6 Å². The molecule has 0 atom stereocenters. The van der Waals surface area contributed by atoms with Gasteiger partial charge in [0.1, 0.15) is 11.6 Å². The number of halogens is 2. The largest absolute Gasteiger partial charge is 0.348 e. The number of hydrogen-bond donors (Lipinski definition) is 1. The molecule has 0 aliphatic heterocycles. The summed E-state index contributed by atoms with van der Waals surface area (Å²) < 4.78 is 26.7. The first kappa shape index (κ1) is 16.0. The summed E-state index contributed by atoms with van der Waals surface area (Å²) in [6.45, 7) is 3.62. The molecular formula is C18H15F2N3O. The molecule has 0 unspecified atom stereocenters. The molecule has 24 heavy (non-hydrogen) atoms. The van der Waals surface area contributed by atoms with Crippen LogP contribution in [0.15, 0.2) is 36.4 Å². The summed E-state index contributed by atoms with van der Waals surface area (Å²) in [7, 11) is 0. The molecule has 4 nitrogen and oxygen atoms in total. The molecule has 0 radical (unpaired) electrons. The number of amides is 1. The maximum absolute atomic E-state index is 13.6. The summed E-state index contributed by atoms with van der Waals surface area (Å²) in [6, 6.07) is 8.11. The summed E-state index contributed by atoms with van der Waals surface area (Å²) in [4.78, 5) is 21.0. The molecule has 6 heteroatoms. The Morgan fingerprint density at radius 3 is 2.46 bits per heavy atom. The smallest absolute Gasteiger partial charge is 0.251 e. The van der Waals surface area contributed by atoms with E-state index in [4.69, 9.17) is 0 Å². The molecule has 3 aromatic rings. The Morgan fingerprint density at radius 1 is 1.00 bits per heavy atom. The third kappa shape index (κ3) is 3.22. The first-order valence-electron chi connectivity index (χ1n) is 7.41. The number of aryl methyl sites for hydroxylation is 2. The van der Waals surface area contributed by atoms with E-state index in [9.17, 15) is 13.6 Å². The summed E-state index contributed by atoms with van der Waals surface area (Å²) in [6.07, 6.45) is 0. The average Bonchev–Trinajstić information content (AvgIpc) is 2.56. The second-order valence-corrected chi connectivity index (χ2v) is 5.52. The van der Waals surface area contributed by atoms with E-state index < -0.39 is 11.6 Å². The molecule has 1 amide bonds. The standard InChI is InChI=1S/C18H15F2N3O/c1-10-11(2)23-17-8-12(3-6-16(17)22-10)18(24)21-9-13-7-14(19)4-5-15(13)20/h3-8H,9H2,1-2H3,(H,21,24). The number of benzene rings is 2. The molecule has 0 bridgehead atoms. The van der Waals surface area contributed by atoms with Crippen LogP contribution in [-0.4, -0.2) is 15.9 Å². The lowest BCUT2D eigenvalue weighted by molar-refractivity contribution is 0.0950. The fourth-order valence-corrected chi connectivity index (χ4v) is 2.33. The van der Waals surface area contributed by atoms with Gasteiger partial charge in [-0.05, 0) is 50.2 Å². The van der Waals surface area contributed by atoms with Crippen LogP contribution in [0, 0.1) is 25.5 Å². The van der Waals surface area contributed by atoms with Crippen molar-refractivity contribution in [3.63, 3.8) is 0 Å². The lowest BCUT2D eigenvalue weighted by Gasteiger charge is -2.08. The van der Waals surface area contributed by atoms with Gasteiger partial charge in [-0.2, -0.15) is 0 Å². The van der Waals surface area contributed by atoms with Crippen LogP contribution in [0.2, 0.25) is 0 Å². The zero-order valence-electron chi connectivity index (χ0n) is 13.2. The van der Waals surface area contributed by atoms with Crippen molar-refractivity contribution >= 4 is 16.9 Å². The van der Waals surface area contributed by atoms with Crippen molar-refractivity contribution in [2.45, 2.75) is 20.4 Å². The number of nitrogens with zero attached hydrogens (tertiary/aromatic N) is 2. The molecule has 0 spiro atoms. The highest BCUT2D eigenvalue weighted by molar-refractivity contribution is 5.97. The van der Waals surface area contributed by atoms with Gasteiger partial charge in [0.2, 0.25) is 0 Å².